The van der Waals surface area contributed by atoms with Crippen LogP contribution in [0.25, 0.3) is 0 Å². The van der Waals surface area contributed by atoms with Gasteiger partial charge in [0.2, 0.25) is 5.95 Å². The molecule has 7 heteroatoms. The minimum atomic E-state index is 0.336. The van der Waals surface area contributed by atoms with Gasteiger partial charge in [-0.3, -0.25) is 0 Å². The number of hydrogen-bond acceptors (Lipinski definition) is 7. The van der Waals surface area contributed by atoms with E-state index in [1.807, 2.05) is 6.92 Å². The lowest BCUT2D eigenvalue weighted by Gasteiger charge is -2.12. The second-order valence-electron chi connectivity index (χ2n) is 4.82. The van der Waals surface area contributed by atoms with Crippen LogP contribution < -0.4 is 16.4 Å². The number of nitrogen functional groups attached to an aromatic ring is 1. The van der Waals surface area contributed by atoms with Gasteiger partial charge in [0, 0.05) is 23.9 Å². The van der Waals surface area contributed by atoms with E-state index in [-0.39, 0.29) is 0 Å². The first-order chi connectivity index (χ1) is 9.72. The van der Waals surface area contributed by atoms with E-state index in [0.29, 0.717) is 12.5 Å². The topological polar surface area (TPSA) is 88.8 Å². The van der Waals surface area contributed by atoms with E-state index in [1.165, 1.54) is 5.56 Å². The summed E-state index contributed by atoms with van der Waals surface area (Å²) in [4.78, 5) is 13.2. The van der Waals surface area contributed by atoms with Crippen LogP contribution in [-0.2, 0) is 19.4 Å². The van der Waals surface area contributed by atoms with E-state index in [2.05, 4.69) is 31.0 Å². The van der Waals surface area contributed by atoms with Gasteiger partial charge in [0.05, 0.1) is 22.9 Å². The van der Waals surface area contributed by atoms with Crippen LogP contribution in [0.5, 0.6) is 0 Å². The number of anilines is 2. The number of aryl methyl sites for hydroxylation is 1. The average Bonchev–Trinajstić information content (AvgIpc) is 2.69. The van der Waals surface area contributed by atoms with Gasteiger partial charge in [0.25, 0.3) is 0 Å². The Morgan fingerprint density at radius 2 is 2.15 bits per heavy atom. The van der Waals surface area contributed by atoms with Crippen LogP contribution in [0.2, 0.25) is 0 Å². The molecule has 0 bridgehead atoms. The molecule has 0 amide bonds. The molecule has 0 saturated heterocycles. The molecule has 1 aliphatic heterocycles. The molecular formula is C13H18N6S. The summed E-state index contributed by atoms with van der Waals surface area (Å²) in [6.45, 7) is 4.56. The minimum absolute atomic E-state index is 0.336. The Labute approximate surface area is 121 Å². The van der Waals surface area contributed by atoms with Gasteiger partial charge in [0.1, 0.15) is 5.82 Å². The van der Waals surface area contributed by atoms with Gasteiger partial charge in [-0.25, -0.2) is 9.97 Å². The Morgan fingerprint density at radius 3 is 2.95 bits per heavy atom. The van der Waals surface area contributed by atoms with Crippen molar-refractivity contribution in [1.82, 2.24) is 20.3 Å². The molecular weight excluding hydrogens is 272 g/mol. The summed E-state index contributed by atoms with van der Waals surface area (Å²) in [5.41, 5.74) is 9.08. The van der Waals surface area contributed by atoms with Crippen molar-refractivity contribution >= 4 is 23.1 Å². The van der Waals surface area contributed by atoms with E-state index in [1.54, 1.807) is 11.3 Å². The van der Waals surface area contributed by atoms with Gasteiger partial charge < -0.3 is 16.4 Å². The highest BCUT2D eigenvalue weighted by molar-refractivity contribution is 7.09. The molecule has 2 aromatic heterocycles. The molecule has 0 spiro atoms. The third-order valence-electron chi connectivity index (χ3n) is 3.30. The number of fused-ring (bicyclic) bond motifs is 1. The third-order valence-corrected chi connectivity index (χ3v) is 4.13. The number of rotatable bonds is 3. The fourth-order valence-corrected chi connectivity index (χ4v) is 2.99. The molecule has 0 fully saturated rings. The van der Waals surface area contributed by atoms with Crippen molar-refractivity contribution < 1.29 is 0 Å². The molecule has 6 nitrogen and oxygen atoms in total. The molecule has 0 aliphatic carbocycles. The molecule has 1 aliphatic rings. The first kappa shape index (κ1) is 13.3. The quantitative estimate of drug-likeness (QED) is 0.785. The van der Waals surface area contributed by atoms with Crippen LogP contribution in [0, 0.1) is 6.92 Å². The minimum Gasteiger partial charge on any atom is -0.368 e. The smallest absolute Gasteiger partial charge is 0.222 e. The van der Waals surface area contributed by atoms with Crippen LogP contribution in [0.1, 0.15) is 22.0 Å². The summed E-state index contributed by atoms with van der Waals surface area (Å²) >= 11 is 1.66. The zero-order chi connectivity index (χ0) is 13.9. The van der Waals surface area contributed by atoms with Crippen molar-refractivity contribution in [3.63, 3.8) is 0 Å². The highest BCUT2D eigenvalue weighted by Gasteiger charge is 2.15. The Kier molecular flexibility index (Phi) is 3.79. The molecule has 4 N–H and O–H groups in total. The highest BCUT2D eigenvalue weighted by atomic mass is 32.1. The summed E-state index contributed by atoms with van der Waals surface area (Å²) < 4.78 is 0. The molecule has 0 atom stereocenters. The van der Waals surface area contributed by atoms with Crippen LogP contribution in [0.3, 0.4) is 0 Å². The van der Waals surface area contributed by atoms with Gasteiger partial charge in [-0.15, -0.1) is 11.3 Å². The summed E-state index contributed by atoms with van der Waals surface area (Å²) in [5, 5.41) is 9.87. The lowest BCUT2D eigenvalue weighted by atomic mass is 10.1. The molecule has 20 heavy (non-hydrogen) atoms. The van der Waals surface area contributed by atoms with Crippen LogP contribution in [-0.4, -0.2) is 28.0 Å². The standard InChI is InChI=1S/C13H18N6S/c1-8-17-9(7-20-8)6-16-12-10-2-4-15-5-3-11(10)18-13(14)19-12/h7,15H,2-6H2,1H3,(H3,14,16,18,19). The van der Waals surface area contributed by atoms with Gasteiger partial charge >= 0.3 is 0 Å². The second-order valence-corrected chi connectivity index (χ2v) is 5.88. The van der Waals surface area contributed by atoms with E-state index >= 15 is 0 Å². The fraction of sp³-hybridized carbons (Fsp3) is 0.462. The van der Waals surface area contributed by atoms with Crippen molar-refractivity contribution in [2.75, 3.05) is 24.1 Å². The highest BCUT2D eigenvalue weighted by Crippen LogP contribution is 2.21. The summed E-state index contributed by atoms with van der Waals surface area (Å²) in [6.07, 6.45) is 1.82. The third kappa shape index (κ3) is 2.88. The average molecular weight is 290 g/mol. The van der Waals surface area contributed by atoms with Crippen molar-refractivity contribution in [1.29, 1.82) is 0 Å². The predicted molar refractivity (Wildman–Crippen MR) is 80.9 cm³/mol. The number of thiazole rings is 1. The maximum absolute atomic E-state index is 5.81. The monoisotopic (exact) mass is 290 g/mol. The number of nitrogens with two attached hydrogens (primary N) is 1. The molecule has 106 valence electrons. The van der Waals surface area contributed by atoms with Gasteiger partial charge in [-0.1, -0.05) is 0 Å². The summed E-state index contributed by atoms with van der Waals surface area (Å²) in [7, 11) is 0. The zero-order valence-corrected chi connectivity index (χ0v) is 12.3. The summed E-state index contributed by atoms with van der Waals surface area (Å²) in [5.74, 6) is 1.18. The van der Waals surface area contributed by atoms with Crippen LogP contribution >= 0.6 is 11.3 Å². The lowest BCUT2D eigenvalue weighted by molar-refractivity contribution is 0.708. The fourth-order valence-electron chi connectivity index (χ4n) is 2.37. The Morgan fingerprint density at radius 1 is 1.30 bits per heavy atom. The molecule has 3 heterocycles. The van der Waals surface area contributed by atoms with Crippen molar-refractivity contribution in [2.45, 2.75) is 26.3 Å². The van der Waals surface area contributed by atoms with Gasteiger partial charge in [-0.05, 0) is 19.9 Å². The van der Waals surface area contributed by atoms with Crippen molar-refractivity contribution in [3.8, 4) is 0 Å². The number of nitrogens with one attached hydrogen (secondary N) is 2. The molecule has 0 unspecified atom stereocenters. The first-order valence-corrected chi connectivity index (χ1v) is 7.61. The van der Waals surface area contributed by atoms with E-state index in [4.69, 9.17) is 5.73 Å². The number of nitrogens with zero attached hydrogens (tertiary/aromatic N) is 3. The SMILES string of the molecule is Cc1nc(CNc2nc(N)nc3c2CCNCC3)cs1. The van der Waals surface area contributed by atoms with E-state index in [0.717, 1.165) is 48.1 Å². The number of aromatic nitrogens is 3. The van der Waals surface area contributed by atoms with Crippen molar-refractivity contribution in [2.24, 2.45) is 0 Å². The van der Waals surface area contributed by atoms with E-state index in [9.17, 15) is 0 Å². The molecule has 0 saturated carbocycles. The normalized spacial score (nSPS) is 14.7. The zero-order valence-electron chi connectivity index (χ0n) is 11.4. The van der Waals surface area contributed by atoms with Crippen molar-refractivity contribution in [3.05, 3.63) is 27.3 Å². The second kappa shape index (κ2) is 5.72. The molecule has 3 rings (SSSR count). The number of hydrogen-bond donors (Lipinski definition) is 3. The molecule has 0 aromatic carbocycles. The first-order valence-electron chi connectivity index (χ1n) is 6.73. The van der Waals surface area contributed by atoms with Gasteiger partial charge in [-0.2, -0.15) is 4.98 Å². The Bertz CT molecular complexity index is 609. The molecule has 0 radical (unpaired) electrons. The van der Waals surface area contributed by atoms with Crippen LogP contribution in [0.15, 0.2) is 5.38 Å². The maximum Gasteiger partial charge on any atom is 0.222 e. The molecule has 2 aromatic rings. The Balaban J connectivity index is 1.83. The Hall–Kier alpha value is -1.73. The summed E-state index contributed by atoms with van der Waals surface area (Å²) in [6, 6.07) is 0. The van der Waals surface area contributed by atoms with Crippen LogP contribution in [0.4, 0.5) is 11.8 Å². The largest absolute Gasteiger partial charge is 0.368 e. The predicted octanol–water partition coefficient (Wildman–Crippen LogP) is 1.12. The lowest BCUT2D eigenvalue weighted by Crippen LogP contribution is -2.16. The van der Waals surface area contributed by atoms with E-state index < -0.39 is 0 Å². The maximum atomic E-state index is 5.81. The van der Waals surface area contributed by atoms with Gasteiger partial charge in [0.15, 0.2) is 0 Å².